The van der Waals surface area contributed by atoms with E-state index < -0.39 is 0 Å². The molecular formula is C12H15NO2. The van der Waals surface area contributed by atoms with Crippen LogP contribution in [0.5, 0.6) is 5.75 Å². The zero-order valence-corrected chi connectivity index (χ0v) is 8.61. The number of benzene rings is 1. The highest BCUT2D eigenvalue weighted by atomic mass is 16.6. The molecule has 3 heteroatoms. The first-order chi connectivity index (χ1) is 7.47. The highest BCUT2D eigenvalue weighted by molar-refractivity contribution is 5.57. The highest BCUT2D eigenvalue weighted by Crippen LogP contribution is 2.20. The van der Waals surface area contributed by atoms with Crippen LogP contribution in [0.4, 0.5) is 0 Å². The van der Waals surface area contributed by atoms with E-state index in [0.717, 1.165) is 24.5 Å². The van der Waals surface area contributed by atoms with E-state index >= 15 is 0 Å². The molecule has 3 rings (SSSR count). The van der Waals surface area contributed by atoms with E-state index in [-0.39, 0.29) is 0 Å². The van der Waals surface area contributed by atoms with Gasteiger partial charge in [-0.15, -0.1) is 0 Å². The van der Waals surface area contributed by atoms with Crippen LogP contribution in [-0.4, -0.2) is 13.2 Å². The maximum Gasteiger partial charge on any atom is 0.162 e. The lowest BCUT2D eigenvalue weighted by Crippen LogP contribution is -2.13. The van der Waals surface area contributed by atoms with Crippen LogP contribution in [0.1, 0.15) is 18.4 Å². The molecule has 2 aliphatic heterocycles. The van der Waals surface area contributed by atoms with Gasteiger partial charge in [-0.25, -0.2) is 5.48 Å². The van der Waals surface area contributed by atoms with Crippen molar-refractivity contribution >= 4 is 6.08 Å². The van der Waals surface area contributed by atoms with Crippen molar-refractivity contribution in [1.82, 2.24) is 5.48 Å². The third-order valence-corrected chi connectivity index (χ3v) is 2.25. The molecule has 2 heterocycles. The van der Waals surface area contributed by atoms with E-state index in [9.17, 15) is 0 Å². The molecule has 0 aromatic heterocycles. The van der Waals surface area contributed by atoms with Gasteiger partial charge in [0.1, 0.15) is 0 Å². The second-order valence-corrected chi connectivity index (χ2v) is 3.41. The molecule has 0 spiro atoms. The molecule has 0 saturated carbocycles. The summed E-state index contributed by atoms with van der Waals surface area (Å²) in [6.45, 7) is 2.00. The molecule has 1 fully saturated rings. The van der Waals surface area contributed by atoms with E-state index in [1.54, 1.807) is 6.20 Å². The van der Waals surface area contributed by atoms with Gasteiger partial charge in [-0.2, -0.15) is 0 Å². The average molecular weight is 205 g/mol. The van der Waals surface area contributed by atoms with Gasteiger partial charge in [0.15, 0.2) is 5.75 Å². The van der Waals surface area contributed by atoms with Crippen molar-refractivity contribution < 1.29 is 9.57 Å². The summed E-state index contributed by atoms with van der Waals surface area (Å²) < 4.78 is 4.94. The van der Waals surface area contributed by atoms with E-state index in [1.165, 1.54) is 12.8 Å². The number of rotatable bonds is 0. The minimum absolute atomic E-state index is 0.880. The highest BCUT2D eigenvalue weighted by Gasteiger charge is 2.01. The first-order valence-electron chi connectivity index (χ1n) is 5.22. The summed E-state index contributed by atoms with van der Waals surface area (Å²) in [6.07, 6.45) is 6.29. The smallest absolute Gasteiger partial charge is 0.162 e. The molecule has 1 aromatic carbocycles. The van der Waals surface area contributed by atoms with Crippen LogP contribution in [0, 0.1) is 0 Å². The van der Waals surface area contributed by atoms with Crippen molar-refractivity contribution in [1.29, 1.82) is 0 Å². The zero-order chi connectivity index (χ0) is 10.3. The number of hydrogen-bond acceptors (Lipinski definition) is 3. The van der Waals surface area contributed by atoms with Gasteiger partial charge in [-0.05, 0) is 25.0 Å². The Morgan fingerprint density at radius 2 is 1.87 bits per heavy atom. The number of ether oxygens (including phenoxy) is 1. The lowest BCUT2D eigenvalue weighted by molar-refractivity contribution is 0.198. The second-order valence-electron chi connectivity index (χ2n) is 3.41. The summed E-state index contributed by atoms with van der Waals surface area (Å²) in [4.78, 5) is 5.09. The summed E-state index contributed by atoms with van der Waals surface area (Å²) in [7, 11) is 0. The van der Waals surface area contributed by atoms with Crippen LogP contribution in [-0.2, 0) is 4.74 Å². The average Bonchev–Trinajstić information content (AvgIpc) is 2.88. The first-order valence-corrected chi connectivity index (χ1v) is 5.22. The van der Waals surface area contributed by atoms with Crippen molar-refractivity contribution in [3.05, 3.63) is 36.0 Å². The van der Waals surface area contributed by atoms with Crippen LogP contribution in [0.25, 0.3) is 6.08 Å². The van der Waals surface area contributed by atoms with Gasteiger partial charge in [0.05, 0.1) is 0 Å². The fourth-order valence-electron chi connectivity index (χ4n) is 1.44. The molecule has 80 valence electrons. The number of hydroxylamine groups is 1. The van der Waals surface area contributed by atoms with Crippen LogP contribution in [0.2, 0.25) is 0 Å². The minimum atomic E-state index is 0.880. The second kappa shape index (κ2) is 5.41. The number of fused-ring (bicyclic) bond motifs is 1. The van der Waals surface area contributed by atoms with Crippen molar-refractivity contribution in [2.24, 2.45) is 0 Å². The lowest BCUT2D eigenvalue weighted by atomic mass is 10.2. The summed E-state index contributed by atoms with van der Waals surface area (Å²) in [5.74, 6) is 0.880. The third kappa shape index (κ3) is 2.99. The molecule has 0 aliphatic carbocycles. The quantitative estimate of drug-likeness (QED) is 0.705. The minimum Gasteiger partial charge on any atom is -0.382 e. The fourth-order valence-corrected chi connectivity index (χ4v) is 1.44. The van der Waals surface area contributed by atoms with E-state index in [2.05, 4.69) is 5.48 Å². The van der Waals surface area contributed by atoms with Crippen molar-refractivity contribution in [3.63, 3.8) is 0 Å². The SMILES string of the molecule is C1=Cc2ccccc2ON1.C1CCOC1. The molecule has 3 nitrogen and oxygen atoms in total. The molecule has 2 aliphatic rings. The van der Waals surface area contributed by atoms with E-state index in [1.807, 2.05) is 30.3 Å². The number of para-hydroxylation sites is 1. The van der Waals surface area contributed by atoms with Gasteiger partial charge < -0.3 is 9.57 Å². The van der Waals surface area contributed by atoms with Crippen molar-refractivity contribution in [2.45, 2.75) is 12.8 Å². The molecule has 0 bridgehead atoms. The Bertz CT molecular complexity index is 325. The van der Waals surface area contributed by atoms with Crippen LogP contribution in [0.3, 0.4) is 0 Å². The number of nitrogens with one attached hydrogen (secondary N) is 1. The maximum atomic E-state index is 5.09. The van der Waals surface area contributed by atoms with Gasteiger partial charge >= 0.3 is 0 Å². The topological polar surface area (TPSA) is 30.5 Å². The maximum absolute atomic E-state index is 5.09. The van der Waals surface area contributed by atoms with Crippen molar-refractivity contribution in [2.75, 3.05) is 13.2 Å². The van der Waals surface area contributed by atoms with Gasteiger partial charge in [0, 0.05) is 25.0 Å². The summed E-state index contributed by atoms with van der Waals surface area (Å²) >= 11 is 0. The Hall–Kier alpha value is -1.48. The van der Waals surface area contributed by atoms with Gasteiger partial charge in [-0.3, -0.25) is 0 Å². The summed E-state index contributed by atoms with van der Waals surface area (Å²) in [5.41, 5.74) is 3.77. The van der Waals surface area contributed by atoms with Gasteiger partial charge in [-0.1, -0.05) is 18.2 Å². The monoisotopic (exact) mass is 205 g/mol. The molecule has 1 N–H and O–H groups in total. The van der Waals surface area contributed by atoms with Crippen LogP contribution in [0.15, 0.2) is 30.5 Å². The zero-order valence-electron chi connectivity index (χ0n) is 8.61. The molecule has 0 atom stereocenters. The Morgan fingerprint density at radius 3 is 2.53 bits per heavy atom. The van der Waals surface area contributed by atoms with Gasteiger partial charge in [0.25, 0.3) is 0 Å². The normalized spacial score (nSPS) is 16.8. The Kier molecular flexibility index (Phi) is 3.63. The lowest BCUT2D eigenvalue weighted by Gasteiger charge is -2.11. The molecule has 0 unspecified atom stereocenters. The summed E-state index contributed by atoms with van der Waals surface area (Å²) in [5, 5.41) is 0. The van der Waals surface area contributed by atoms with Crippen LogP contribution < -0.4 is 10.3 Å². The molecule has 0 amide bonds. The number of hydrogen-bond donors (Lipinski definition) is 1. The van der Waals surface area contributed by atoms with E-state index in [0.29, 0.717) is 0 Å². The Balaban J connectivity index is 0.000000144. The Labute approximate surface area is 89.7 Å². The van der Waals surface area contributed by atoms with Gasteiger partial charge in [0.2, 0.25) is 0 Å². The molecule has 0 radical (unpaired) electrons. The third-order valence-electron chi connectivity index (χ3n) is 2.25. The predicted octanol–water partition coefficient (Wildman–Crippen LogP) is 2.35. The fraction of sp³-hybridized carbons (Fsp3) is 0.333. The van der Waals surface area contributed by atoms with Crippen molar-refractivity contribution in [3.8, 4) is 5.75 Å². The molecular weight excluding hydrogens is 190 g/mol. The Morgan fingerprint density at radius 1 is 1.07 bits per heavy atom. The predicted molar refractivity (Wildman–Crippen MR) is 59.3 cm³/mol. The van der Waals surface area contributed by atoms with Crippen LogP contribution >= 0.6 is 0 Å². The summed E-state index contributed by atoms with van der Waals surface area (Å²) in [6, 6.07) is 7.86. The van der Waals surface area contributed by atoms with E-state index in [4.69, 9.17) is 9.57 Å². The molecule has 1 aromatic rings. The largest absolute Gasteiger partial charge is 0.382 e. The first kappa shape index (κ1) is 10.1. The molecule has 1 saturated heterocycles. The standard InChI is InChI=1S/C8H7NO.C4H8O/c1-2-4-8-7(3-1)5-6-9-10-8;1-2-4-5-3-1/h1-6,9H;1-4H2. The molecule has 15 heavy (non-hydrogen) atoms.